The van der Waals surface area contributed by atoms with E-state index in [9.17, 15) is 0 Å². The van der Waals surface area contributed by atoms with E-state index < -0.39 is 0 Å². The van der Waals surface area contributed by atoms with Gasteiger partial charge >= 0.3 is 0 Å². The summed E-state index contributed by atoms with van der Waals surface area (Å²) in [4.78, 5) is 5.00. The molecule has 0 aliphatic carbocycles. The Morgan fingerprint density at radius 2 is 2.08 bits per heavy atom. The van der Waals surface area contributed by atoms with Crippen molar-refractivity contribution < 1.29 is 4.74 Å². The smallest absolute Gasteiger partial charge is 0.0629 e. The zero-order valence-corrected chi connectivity index (χ0v) is 8.28. The fraction of sp³-hybridized carbons (Fsp3) is 1.00. The average molecular weight is 185 g/mol. The number of hydrogen-bond acceptors (Lipinski definition) is 4. The second-order valence-corrected chi connectivity index (χ2v) is 4.02. The third-order valence-electron chi connectivity index (χ3n) is 3.17. The molecule has 3 rings (SSSR count). The zero-order valence-electron chi connectivity index (χ0n) is 8.28. The van der Waals surface area contributed by atoms with E-state index in [4.69, 9.17) is 10.5 Å². The third-order valence-corrected chi connectivity index (χ3v) is 3.17. The highest BCUT2D eigenvalue weighted by Gasteiger charge is 2.34. The standard InChI is InChI=1S/C9H19N3O/c1-13-7-8(10)9-6-11-2-4-12(9)5-3-11/h8-9H,2-7,10H2,1H3. The van der Waals surface area contributed by atoms with Gasteiger partial charge in [-0.3, -0.25) is 9.80 Å². The molecule has 3 fully saturated rings. The molecule has 0 radical (unpaired) electrons. The number of hydrogen-bond donors (Lipinski definition) is 1. The average Bonchev–Trinajstić information content (AvgIpc) is 2.20. The van der Waals surface area contributed by atoms with Crippen LogP contribution in [0, 0.1) is 0 Å². The summed E-state index contributed by atoms with van der Waals surface area (Å²) in [5, 5.41) is 0. The van der Waals surface area contributed by atoms with Crippen molar-refractivity contribution in [3.8, 4) is 0 Å². The fourth-order valence-electron chi connectivity index (χ4n) is 2.37. The molecule has 4 heteroatoms. The van der Waals surface area contributed by atoms with Gasteiger partial charge < -0.3 is 10.5 Å². The van der Waals surface area contributed by atoms with E-state index in [-0.39, 0.29) is 6.04 Å². The van der Waals surface area contributed by atoms with Gasteiger partial charge in [0.05, 0.1) is 6.61 Å². The Morgan fingerprint density at radius 1 is 1.38 bits per heavy atom. The SMILES string of the molecule is COCC(N)C1CN2CCN1CC2. The molecule has 13 heavy (non-hydrogen) atoms. The molecule has 76 valence electrons. The number of nitrogens with two attached hydrogens (primary N) is 1. The van der Waals surface area contributed by atoms with Gasteiger partial charge in [-0.15, -0.1) is 0 Å². The summed E-state index contributed by atoms with van der Waals surface area (Å²) in [6, 6.07) is 0.690. The number of ether oxygens (including phenoxy) is 1. The Bertz CT molecular complexity index is 168. The normalized spacial score (nSPS) is 40.6. The Kier molecular flexibility index (Phi) is 2.83. The topological polar surface area (TPSA) is 41.7 Å². The summed E-state index contributed by atoms with van der Waals surface area (Å²) in [6.45, 7) is 6.61. The lowest BCUT2D eigenvalue weighted by Gasteiger charge is -2.49. The van der Waals surface area contributed by atoms with Crippen LogP contribution < -0.4 is 5.73 Å². The van der Waals surface area contributed by atoms with Crippen molar-refractivity contribution in [1.82, 2.24) is 9.80 Å². The van der Waals surface area contributed by atoms with Crippen LogP contribution in [-0.2, 0) is 4.74 Å². The number of rotatable bonds is 3. The largest absolute Gasteiger partial charge is 0.383 e. The molecule has 3 aliphatic heterocycles. The van der Waals surface area contributed by atoms with E-state index in [0.717, 1.165) is 6.54 Å². The van der Waals surface area contributed by atoms with Gasteiger partial charge in [0.25, 0.3) is 0 Å². The van der Waals surface area contributed by atoms with Crippen LogP contribution in [0.3, 0.4) is 0 Å². The van der Waals surface area contributed by atoms with Crippen molar-refractivity contribution >= 4 is 0 Å². The first-order valence-corrected chi connectivity index (χ1v) is 5.02. The molecule has 0 amide bonds. The highest BCUT2D eigenvalue weighted by atomic mass is 16.5. The molecule has 2 atom stereocenters. The summed E-state index contributed by atoms with van der Waals surface area (Å²) in [7, 11) is 1.72. The molecular weight excluding hydrogens is 166 g/mol. The predicted octanol–water partition coefficient (Wildman–Crippen LogP) is -1.04. The van der Waals surface area contributed by atoms with Gasteiger partial charge in [0.15, 0.2) is 0 Å². The van der Waals surface area contributed by atoms with Crippen LogP contribution in [0.1, 0.15) is 0 Å². The van der Waals surface area contributed by atoms with E-state index in [1.165, 1.54) is 26.2 Å². The monoisotopic (exact) mass is 185 g/mol. The first kappa shape index (κ1) is 9.40. The van der Waals surface area contributed by atoms with Crippen LogP contribution in [0.4, 0.5) is 0 Å². The summed E-state index contributed by atoms with van der Waals surface area (Å²) in [5.74, 6) is 0. The molecule has 0 spiro atoms. The number of nitrogens with zero attached hydrogens (tertiary/aromatic N) is 2. The summed E-state index contributed by atoms with van der Waals surface area (Å²) in [6.07, 6.45) is 0. The van der Waals surface area contributed by atoms with Crippen molar-refractivity contribution in [2.75, 3.05) is 46.4 Å². The highest BCUT2D eigenvalue weighted by molar-refractivity contribution is 4.93. The summed E-state index contributed by atoms with van der Waals surface area (Å²) in [5.41, 5.74) is 6.05. The molecule has 0 aromatic rings. The summed E-state index contributed by atoms with van der Waals surface area (Å²) >= 11 is 0. The van der Waals surface area contributed by atoms with Crippen molar-refractivity contribution in [3.05, 3.63) is 0 Å². The molecular formula is C9H19N3O. The Labute approximate surface area is 79.6 Å². The lowest BCUT2D eigenvalue weighted by molar-refractivity contribution is -0.00918. The molecule has 3 saturated heterocycles. The van der Waals surface area contributed by atoms with Gasteiger partial charge in [0.2, 0.25) is 0 Å². The lowest BCUT2D eigenvalue weighted by atomic mass is 10.0. The minimum absolute atomic E-state index is 0.174. The maximum absolute atomic E-state index is 6.05. The van der Waals surface area contributed by atoms with Gasteiger partial charge in [0, 0.05) is 51.9 Å². The van der Waals surface area contributed by atoms with Crippen molar-refractivity contribution in [2.24, 2.45) is 5.73 Å². The second-order valence-electron chi connectivity index (χ2n) is 4.02. The zero-order chi connectivity index (χ0) is 9.26. The van der Waals surface area contributed by atoms with E-state index in [2.05, 4.69) is 9.80 Å². The summed E-state index contributed by atoms with van der Waals surface area (Å²) < 4.78 is 5.09. The molecule has 2 unspecified atom stereocenters. The van der Waals surface area contributed by atoms with Crippen LogP contribution in [0.2, 0.25) is 0 Å². The van der Waals surface area contributed by atoms with Crippen LogP contribution in [-0.4, -0.2) is 68.3 Å². The van der Waals surface area contributed by atoms with E-state index >= 15 is 0 Å². The van der Waals surface area contributed by atoms with E-state index in [1.54, 1.807) is 7.11 Å². The van der Waals surface area contributed by atoms with Gasteiger partial charge in [-0.2, -0.15) is 0 Å². The van der Waals surface area contributed by atoms with Crippen molar-refractivity contribution in [2.45, 2.75) is 12.1 Å². The lowest BCUT2D eigenvalue weighted by Crippen LogP contribution is -2.66. The second kappa shape index (κ2) is 3.92. The van der Waals surface area contributed by atoms with Crippen LogP contribution in [0.5, 0.6) is 0 Å². The van der Waals surface area contributed by atoms with Gasteiger partial charge in [0.1, 0.15) is 0 Å². The quantitative estimate of drug-likeness (QED) is 0.610. The molecule has 3 aliphatic rings. The molecule has 2 N–H and O–H groups in total. The van der Waals surface area contributed by atoms with E-state index in [1.807, 2.05) is 0 Å². The first-order chi connectivity index (χ1) is 6.31. The minimum Gasteiger partial charge on any atom is -0.383 e. The molecule has 2 bridgehead atoms. The molecule has 4 nitrogen and oxygen atoms in total. The van der Waals surface area contributed by atoms with Gasteiger partial charge in [-0.1, -0.05) is 0 Å². The first-order valence-electron chi connectivity index (χ1n) is 5.02. The Morgan fingerprint density at radius 3 is 2.54 bits per heavy atom. The molecule has 3 heterocycles. The van der Waals surface area contributed by atoms with Gasteiger partial charge in [-0.25, -0.2) is 0 Å². The maximum atomic E-state index is 6.05. The van der Waals surface area contributed by atoms with Crippen LogP contribution in [0.25, 0.3) is 0 Å². The van der Waals surface area contributed by atoms with Gasteiger partial charge in [-0.05, 0) is 0 Å². The predicted molar refractivity (Wildman–Crippen MR) is 51.7 cm³/mol. The van der Waals surface area contributed by atoms with Crippen molar-refractivity contribution in [3.63, 3.8) is 0 Å². The van der Waals surface area contributed by atoms with Crippen LogP contribution in [0.15, 0.2) is 0 Å². The molecule has 0 saturated carbocycles. The molecule has 0 aromatic carbocycles. The minimum atomic E-state index is 0.174. The number of methoxy groups -OCH3 is 1. The Hall–Kier alpha value is -0.160. The fourth-order valence-corrected chi connectivity index (χ4v) is 2.37. The Balaban J connectivity index is 1.92. The highest BCUT2D eigenvalue weighted by Crippen LogP contribution is 2.17. The van der Waals surface area contributed by atoms with E-state index in [0.29, 0.717) is 12.6 Å². The third kappa shape index (κ3) is 1.86. The number of fused-ring (bicyclic) bond motifs is 3. The number of piperazine rings is 3. The van der Waals surface area contributed by atoms with Crippen molar-refractivity contribution in [1.29, 1.82) is 0 Å². The maximum Gasteiger partial charge on any atom is 0.0629 e. The van der Waals surface area contributed by atoms with Crippen LogP contribution >= 0.6 is 0 Å². The molecule has 0 aromatic heterocycles.